The van der Waals surface area contributed by atoms with Gasteiger partial charge in [-0.1, -0.05) is 6.07 Å². The number of pyridine rings is 1. The van der Waals surface area contributed by atoms with Gasteiger partial charge < -0.3 is 24.5 Å². The van der Waals surface area contributed by atoms with E-state index in [-0.39, 0.29) is 5.91 Å². The normalized spacial score (nSPS) is 16.7. The van der Waals surface area contributed by atoms with Gasteiger partial charge in [0.1, 0.15) is 0 Å². The number of carbonyl (C=O) groups is 1. The summed E-state index contributed by atoms with van der Waals surface area (Å²) in [5.74, 6) is 1.46. The molecule has 1 fully saturated rings. The van der Waals surface area contributed by atoms with Crippen LogP contribution in [0.15, 0.2) is 42.7 Å². The average Bonchev–Trinajstić information content (AvgIpc) is 2.77. The van der Waals surface area contributed by atoms with Crippen molar-refractivity contribution in [1.82, 2.24) is 9.80 Å². The van der Waals surface area contributed by atoms with Crippen molar-refractivity contribution in [3.05, 3.63) is 59.1 Å². The van der Waals surface area contributed by atoms with Gasteiger partial charge in [0, 0.05) is 37.8 Å². The fourth-order valence-electron chi connectivity index (χ4n) is 3.76. The lowest BCUT2D eigenvalue weighted by Crippen LogP contribution is -2.49. The highest BCUT2D eigenvalue weighted by Crippen LogP contribution is 2.28. The Kier molecular flexibility index (Phi) is 6.93. The summed E-state index contributed by atoms with van der Waals surface area (Å²) in [6, 6.07) is 9.49. The lowest BCUT2D eigenvalue weighted by atomic mass is 10.0. The quantitative estimate of drug-likeness (QED) is 0.527. The average molecular weight is 399 g/mol. The molecule has 0 aliphatic carbocycles. The van der Waals surface area contributed by atoms with Crippen molar-refractivity contribution in [3.63, 3.8) is 0 Å². The van der Waals surface area contributed by atoms with Gasteiger partial charge in [-0.05, 0) is 44.0 Å². The van der Waals surface area contributed by atoms with Crippen molar-refractivity contribution < 1.29 is 19.0 Å². The minimum absolute atomic E-state index is 0.0106. The molecule has 3 rings (SSSR count). The second-order valence-corrected chi connectivity index (χ2v) is 7.41. The van der Waals surface area contributed by atoms with Crippen LogP contribution < -0.4 is 14.2 Å². The number of hydrogen-bond acceptors (Lipinski definition) is 5. The summed E-state index contributed by atoms with van der Waals surface area (Å²) in [7, 11) is 5.39. The van der Waals surface area contributed by atoms with Crippen LogP contribution in [-0.2, 0) is 6.42 Å². The number of amides is 1. The Bertz CT molecular complexity index is 825. The summed E-state index contributed by atoms with van der Waals surface area (Å²) >= 11 is 0. The van der Waals surface area contributed by atoms with E-state index in [0.717, 1.165) is 43.9 Å². The van der Waals surface area contributed by atoms with Crippen LogP contribution in [-0.4, -0.2) is 62.7 Å². The Morgan fingerprint density at radius 2 is 1.93 bits per heavy atom. The van der Waals surface area contributed by atoms with Gasteiger partial charge in [-0.3, -0.25) is 4.79 Å². The van der Waals surface area contributed by atoms with Gasteiger partial charge >= 0.3 is 0 Å². The number of piperidine rings is 1. The highest BCUT2D eigenvalue weighted by molar-refractivity contribution is 5.94. The number of aromatic nitrogens is 1. The summed E-state index contributed by atoms with van der Waals surface area (Å²) in [4.78, 5) is 17.0. The van der Waals surface area contributed by atoms with Crippen LogP contribution in [0.3, 0.4) is 0 Å². The van der Waals surface area contributed by atoms with Gasteiger partial charge in [0.2, 0.25) is 0 Å². The van der Waals surface area contributed by atoms with Gasteiger partial charge in [-0.25, -0.2) is 0 Å². The molecule has 1 aliphatic heterocycles. The summed E-state index contributed by atoms with van der Waals surface area (Å²) < 4.78 is 11.4. The van der Waals surface area contributed by atoms with Crippen LogP contribution in [0.5, 0.6) is 11.5 Å². The number of rotatable bonds is 7. The van der Waals surface area contributed by atoms with Crippen molar-refractivity contribution in [1.29, 1.82) is 0 Å². The van der Waals surface area contributed by atoms with E-state index >= 15 is 0 Å². The van der Waals surface area contributed by atoms with Gasteiger partial charge in [0.05, 0.1) is 19.8 Å². The topological polar surface area (TPSA) is 69.0 Å². The first kappa shape index (κ1) is 20.9. The van der Waals surface area contributed by atoms with E-state index in [1.54, 1.807) is 26.4 Å². The summed E-state index contributed by atoms with van der Waals surface area (Å²) in [5.41, 5.74) is 1.75. The van der Waals surface area contributed by atoms with Gasteiger partial charge in [0.25, 0.3) is 5.91 Å². The summed E-state index contributed by atoms with van der Waals surface area (Å²) in [6.45, 7) is 2.35. The standard InChI is InChI=1S/C22H29N3O4/c1-23(12-8-17-6-7-20(28-2)21(15-17)29-3)19-5-4-11-24(16-19)22(26)18-9-13-25(27)14-10-18/h6-7,9-10,13-15,19H,4-5,8,11-12,16H2,1-3H3. The van der Waals surface area contributed by atoms with Crippen LogP contribution in [0, 0.1) is 5.21 Å². The molecular formula is C22H29N3O4. The minimum atomic E-state index is -0.0106. The largest absolute Gasteiger partial charge is 0.619 e. The highest BCUT2D eigenvalue weighted by Gasteiger charge is 2.27. The van der Waals surface area contributed by atoms with Crippen molar-refractivity contribution in [3.8, 4) is 11.5 Å². The molecule has 1 aromatic carbocycles. The second-order valence-electron chi connectivity index (χ2n) is 7.41. The molecule has 7 heteroatoms. The lowest BCUT2D eigenvalue weighted by molar-refractivity contribution is -0.605. The molecule has 7 nitrogen and oxygen atoms in total. The molecule has 2 heterocycles. The number of hydrogen-bond donors (Lipinski definition) is 0. The molecule has 0 saturated carbocycles. The third-order valence-corrected chi connectivity index (χ3v) is 5.56. The number of ether oxygens (including phenoxy) is 2. The molecule has 1 saturated heterocycles. The van der Waals surface area contributed by atoms with E-state index in [0.29, 0.717) is 22.9 Å². The first-order valence-electron chi connectivity index (χ1n) is 9.91. The maximum atomic E-state index is 12.8. The number of likely N-dealkylation sites (N-methyl/N-ethyl adjacent to an activating group) is 1. The smallest absolute Gasteiger partial charge is 0.254 e. The van der Waals surface area contributed by atoms with Crippen molar-refractivity contribution in [2.24, 2.45) is 0 Å². The Morgan fingerprint density at radius 3 is 2.62 bits per heavy atom. The van der Waals surface area contributed by atoms with Crippen LogP contribution in [0.25, 0.3) is 0 Å². The predicted molar refractivity (Wildman–Crippen MR) is 110 cm³/mol. The van der Waals surface area contributed by atoms with Crippen molar-refractivity contribution >= 4 is 5.91 Å². The fraction of sp³-hybridized carbons (Fsp3) is 0.455. The van der Waals surface area contributed by atoms with Crippen molar-refractivity contribution in [2.45, 2.75) is 25.3 Å². The summed E-state index contributed by atoms with van der Waals surface area (Å²) in [6.07, 6.45) is 5.67. The van der Waals surface area contributed by atoms with Crippen LogP contribution in [0.4, 0.5) is 0 Å². The maximum absolute atomic E-state index is 12.8. The zero-order chi connectivity index (χ0) is 20.8. The van der Waals surface area contributed by atoms with Crippen molar-refractivity contribution in [2.75, 3.05) is 40.9 Å². The van der Waals surface area contributed by atoms with Gasteiger partial charge in [0.15, 0.2) is 23.9 Å². The first-order chi connectivity index (χ1) is 14.0. The predicted octanol–water partition coefficient (Wildman–Crippen LogP) is 2.12. The molecule has 1 atom stereocenters. The number of benzene rings is 1. The van der Waals surface area contributed by atoms with Crippen LogP contribution in [0.2, 0.25) is 0 Å². The number of nitrogens with zero attached hydrogens (tertiary/aromatic N) is 3. The molecule has 0 N–H and O–H groups in total. The van der Waals surface area contributed by atoms with Gasteiger partial charge in [-0.15, -0.1) is 0 Å². The highest BCUT2D eigenvalue weighted by atomic mass is 16.5. The third-order valence-electron chi connectivity index (χ3n) is 5.56. The molecular weight excluding hydrogens is 370 g/mol. The zero-order valence-corrected chi connectivity index (χ0v) is 17.3. The first-order valence-corrected chi connectivity index (χ1v) is 9.91. The van der Waals surface area contributed by atoms with Gasteiger partial charge in [-0.2, -0.15) is 4.73 Å². The molecule has 29 heavy (non-hydrogen) atoms. The molecule has 1 aliphatic rings. The Balaban J connectivity index is 1.57. The molecule has 0 bridgehead atoms. The van der Waals surface area contributed by atoms with E-state index in [1.807, 2.05) is 17.0 Å². The van der Waals surface area contributed by atoms with E-state index in [2.05, 4.69) is 18.0 Å². The lowest BCUT2D eigenvalue weighted by Gasteiger charge is -2.37. The van der Waals surface area contributed by atoms with E-state index in [1.165, 1.54) is 18.0 Å². The van der Waals surface area contributed by atoms with Crippen LogP contribution in [0.1, 0.15) is 28.8 Å². The SMILES string of the molecule is COc1ccc(CCN(C)C2CCCN(C(=O)c3cc[n+]([O-])cc3)C2)cc1OC. The Labute approximate surface area is 172 Å². The zero-order valence-electron chi connectivity index (χ0n) is 17.3. The second kappa shape index (κ2) is 9.60. The number of carbonyl (C=O) groups excluding carboxylic acids is 1. The molecule has 156 valence electrons. The molecule has 2 aromatic rings. The molecule has 1 aromatic heterocycles. The maximum Gasteiger partial charge on any atom is 0.254 e. The summed E-state index contributed by atoms with van der Waals surface area (Å²) in [5, 5.41) is 11.2. The molecule has 1 amide bonds. The molecule has 0 radical (unpaired) electrons. The van der Waals surface area contributed by atoms with E-state index in [9.17, 15) is 10.0 Å². The monoisotopic (exact) mass is 399 g/mol. The minimum Gasteiger partial charge on any atom is -0.619 e. The van der Waals surface area contributed by atoms with E-state index < -0.39 is 0 Å². The fourth-order valence-corrected chi connectivity index (χ4v) is 3.76. The van der Waals surface area contributed by atoms with Crippen LogP contribution >= 0.6 is 0 Å². The van der Waals surface area contributed by atoms with E-state index in [4.69, 9.17) is 9.47 Å². The third kappa shape index (κ3) is 5.17. The molecule has 0 spiro atoms. The number of likely N-dealkylation sites (tertiary alicyclic amines) is 1. The number of methoxy groups -OCH3 is 2. The molecule has 1 unspecified atom stereocenters. The Hall–Kier alpha value is -2.80. The Morgan fingerprint density at radius 1 is 1.21 bits per heavy atom.